The average molecular weight is 306 g/mol. The van der Waals surface area contributed by atoms with Gasteiger partial charge in [-0.2, -0.15) is 10.4 Å². The maximum absolute atomic E-state index is 9.00. The summed E-state index contributed by atoms with van der Waals surface area (Å²) in [6.45, 7) is 3.51. The van der Waals surface area contributed by atoms with Gasteiger partial charge in [0.1, 0.15) is 5.82 Å². The minimum atomic E-state index is 0.645. The van der Waals surface area contributed by atoms with Gasteiger partial charge in [-0.05, 0) is 37.1 Å². The predicted octanol–water partition coefficient (Wildman–Crippen LogP) is 1.95. The first-order valence-electron chi connectivity index (χ1n) is 8.03. The third-order valence-electron chi connectivity index (χ3n) is 4.47. The first-order chi connectivity index (χ1) is 11.3. The van der Waals surface area contributed by atoms with E-state index in [-0.39, 0.29) is 0 Å². The lowest BCUT2D eigenvalue weighted by atomic mass is 10.2. The van der Waals surface area contributed by atoms with Crippen LogP contribution in [0, 0.1) is 11.3 Å². The summed E-state index contributed by atoms with van der Waals surface area (Å²) in [6.07, 6.45) is 4.20. The molecule has 0 spiro atoms. The van der Waals surface area contributed by atoms with Crippen LogP contribution in [0.1, 0.15) is 30.0 Å². The minimum absolute atomic E-state index is 0.645. The van der Waals surface area contributed by atoms with Gasteiger partial charge in [0.25, 0.3) is 0 Å². The molecule has 116 valence electrons. The highest BCUT2D eigenvalue weighted by molar-refractivity contribution is 5.47. The minimum Gasteiger partial charge on any atom is -0.353 e. The number of hydrogen-bond acceptors (Lipinski definition) is 6. The van der Waals surface area contributed by atoms with E-state index in [1.54, 1.807) is 12.3 Å². The van der Waals surface area contributed by atoms with E-state index in [0.29, 0.717) is 11.5 Å². The van der Waals surface area contributed by atoms with Crippen molar-refractivity contribution in [3.63, 3.8) is 0 Å². The van der Waals surface area contributed by atoms with Gasteiger partial charge >= 0.3 is 0 Å². The molecular formula is C17H18N6. The Kier molecular flexibility index (Phi) is 3.54. The van der Waals surface area contributed by atoms with Crippen molar-refractivity contribution in [2.45, 2.75) is 18.8 Å². The molecule has 0 N–H and O–H groups in total. The molecule has 6 nitrogen and oxygen atoms in total. The first-order valence-corrected chi connectivity index (χ1v) is 8.03. The van der Waals surface area contributed by atoms with Crippen molar-refractivity contribution in [1.29, 1.82) is 5.26 Å². The van der Waals surface area contributed by atoms with E-state index in [4.69, 9.17) is 5.26 Å². The van der Waals surface area contributed by atoms with E-state index in [1.165, 1.54) is 12.8 Å². The summed E-state index contributed by atoms with van der Waals surface area (Å²) < 4.78 is 0. The van der Waals surface area contributed by atoms with Gasteiger partial charge in [-0.15, -0.1) is 5.10 Å². The molecule has 1 saturated carbocycles. The lowest BCUT2D eigenvalue weighted by molar-refractivity contribution is 0.637. The highest BCUT2D eigenvalue weighted by Gasteiger charge is 2.26. The Labute approximate surface area is 135 Å². The third kappa shape index (κ3) is 2.95. The fourth-order valence-corrected chi connectivity index (χ4v) is 2.93. The molecule has 6 heteroatoms. The van der Waals surface area contributed by atoms with Crippen LogP contribution in [-0.4, -0.2) is 41.4 Å². The maximum atomic E-state index is 9.00. The Morgan fingerprint density at radius 1 is 0.957 bits per heavy atom. The zero-order chi connectivity index (χ0) is 15.6. The SMILES string of the molecule is N#Cc1ccnc(N2CCN(c3ccc(C4CC4)nn3)CC2)c1. The summed E-state index contributed by atoms with van der Waals surface area (Å²) in [5, 5.41) is 17.7. The van der Waals surface area contributed by atoms with Gasteiger partial charge in [-0.1, -0.05) is 0 Å². The molecule has 4 rings (SSSR count). The average Bonchev–Trinajstić information content (AvgIpc) is 3.47. The zero-order valence-corrected chi connectivity index (χ0v) is 12.9. The number of hydrogen-bond donors (Lipinski definition) is 0. The molecule has 2 aromatic rings. The van der Waals surface area contributed by atoms with E-state index >= 15 is 0 Å². The molecular weight excluding hydrogens is 288 g/mol. The number of rotatable bonds is 3. The molecule has 23 heavy (non-hydrogen) atoms. The van der Waals surface area contributed by atoms with Crippen molar-refractivity contribution in [2.24, 2.45) is 0 Å². The van der Waals surface area contributed by atoms with E-state index in [1.807, 2.05) is 6.07 Å². The van der Waals surface area contributed by atoms with Crippen LogP contribution in [0.5, 0.6) is 0 Å². The molecule has 2 aliphatic rings. The van der Waals surface area contributed by atoms with Crippen LogP contribution >= 0.6 is 0 Å². The van der Waals surface area contributed by atoms with Gasteiger partial charge in [0.2, 0.25) is 0 Å². The second-order valence-electron chi connectivity index (χ2n) is 6.08. The summed E-state index contributed by atoms with van der Waals surface area (Å²) in [5.74, 6) is 2.47. The van der Waals surface area contributed by atoms with Crippen molar-refractivity contribution in [3.8, 4) is 6.07 Å². The molecule has 1 saturated heterocycles. The number of nitrogens with zero attached hydrogens (tertiary/aromatic N) is 6. The van der Waals surface area contributed by atoms with Gasteiger partial charge in [0, 0.05) is 38.3 Å². The first kappa shape index (κ1) is 13.9. The number of pyridine rings is 1. The quantitative estimate of drug-likeness (QED) is 0.863. The fourth-order valence-electron chi connectivity index (χ4n) is 2.93. The summed E-state index contributed by atoms with van der Waals surface area (Å²) in [4.78, 5) is 8.84. The molecule has 0 amide bonds. The summed E-state index contributed by atoms with van der Waals surface area (Å²) in [5.41, 5.74) is 1.78. The summed E-state index contributed by atoms with van der Waals surface area (Å²) in [7, 11) is 0. The number of piperazine rings is 1. The van der Waals surface area contributed by atoms with E-state index in [0.717, 1.165) is 43.5 Å². The topological polar surface area (TPSA) is 68.9 Å². The van der Waals surface area contributed by atoms with Crippen molar-refractivity contribution < 1.29 is 0 Å². The molecule has 0 bridgehead atoms. The van der Waals surface area contributed by atoms with Crippen LogP contribution in [0.2, 0.25) is 0 Å². The highest BCUT2D eigenvalue weighted by Crippen LogP contribution is 2.38. The van der Waals surface area contributed by atoms with Gasteiger partial charge in [-0.3, -0.25) is 0 Å². The number of aromatic nitrogens is 3. The third-order valence-corrected chi connectivity index (χ3v) is 4.47. The van der Waals surface area contributed by atoms with Crippen LogP contribution in [0.15, 0.2) is 30.5 Å². The van der Waals surface area contributed by atoms with Crippen molar-refractivity contribution in [1.82, 2.24) is 15.2 Å². The van der Waals surface area contributed by atoms with Crippen LogP contribution in [-0.2, 0) is 0 Å². The highest BCUT2D eigenvalue weighted by atomic mass is 15.3. The van der Waals surface area contributed by atoms with Crippen LogP contribution in [0.25, 0.3) is 0 Å². The van der Waals surface area contributed by atoms with Crippen LogP contribution < -0.4 is 9.80 Å². The zero-order valence-electron chi connectivity index (χ0n) is 12.9. The van der Waals surface area contributed by atoms with E-state index in [2.05, 4.69) is 43.2 Å². The monoisotopic (exact) mass is 306 g/mol. The molecule has 0 aromatic carbocycles. The molecule has 3 heterocycles. The van der Waals surface area contributed by atoms with E-state index < -0.39 is 0 Å². The van der Waals surface area contributed by atoms with Crippen molar-refractivity contribution in [3.05, 3.63) is 41.7 Å². The van der Waals surface area contributed by atoms with Crippen LogP contribution in [0.3, 0.4) is 0 Å². The standard InChI is InChI=1S/C17H18N6/c18-12-13-5-6-19-17(11-13)23-9-7-22(8-10-23)16-4-3-15(20-21-16)14-1-2-14/h3-6,11,14H,1-2,7-10H2. The molecule has 1 aliphatic heterocycles. The second kappa shape index (κ2) is 5.84. The van der Waals surface area contributed by atoms with Gasteiger partial charge in [-0.25, -0.2) is 4.98 Å². The number of anilines is 2. The molecule has 1 aliphatic carbocycles. The number of nitriles is 1. The van der Waals surface area contributed by atoms with Gasteiger partial charge < -0.3 is 9.80 Å². The van der Waals surface area contributed by atoms with Gasteiger partial charge in [0.15, 0.2) is 5.82 Å². The van der Waals surface area contributed by atoms with Gasteiger partial charge in [0.05, 0.1) is 17.3 Å². The molecule has 0 atom stereocenters. The lowest BCUT2D eigenvalue weighted by Gasteiger charge is -2.35. The predicted molar refractivity (Wildman–Crippen MR) is 87.4 cm³/mol. The smallest absolute Gasteiger partial charge is 0.151 e. The Hall–Kier alpha value is -2.68. The summed E-state index contributed by atoms with van der Waals surface area (Å²) >= 11 is 0. The molecule has 2 fully saturated rings. The maximum Gasteiger partial charge on any atom is 0.151 e. The Bertz CT molecular complexity index is 723. The fraction of sp³-hybridized carbons (Fsp3) is 0.412. The molecule has 0 radical (unpaired) electrons. The lowest BCUT2D eigenvalue weighted by Crippen LogP contribution is -2.47. The molecule has 0 unspecified atom stereocenters. The second-order valence-corrected chi connectivity index (χ2v) is 6.08. The van der Waals surface area contributed by atoms with Crippen LogP contribution in [0.4, 0.5) is 11.6 Å². The normalized spacial score (nSPS) is 17.9. The Morgan fingerprint density at radius 3 is 2.30 bits per heavy atom. The van der Waals surface area contributed by atoms with E-state index in [9.17, 15) is 0 Å². The Balaban J connectivity index is 1.41. The van der Waals surface area contributed by atoms with Crippen molar-refractivity contribution >= 4 is 11.6 Å². The van der Waals surface area contributed by atoms with Crippen molar-refractivity contribution in [2.75, 3.05) is 36.0 Å². The Morgan fingerprint density at radius 2 is 1.70 bits per heavy atom. The summed E-state index contributed by atoms with van der Waals surface area (Å²) in [6, 6.07) is 9.95. The largest absolute Gasteiger partial charge is 0.353 e. The molecule has 2 aromatic heterocycles.